The van der Waals surface area contributed by atoms with Crippen molar-refractivity contribution in [1.29, 1.82) is 0 Å². The van der Waals surface area contributed by atoms with Crippen molar-refractivity contribution in [2.24, 2.45) is 5.92 Å². The Morgan fingerprint density at radius 1 is 1.40 bits per heavy atom. The Morgan fingerprint density at radius 2 is 2.15 bits per heavy atom. The standard InChI is InChI=1S/C15H21FN2O2/c1-18(9-13-7-17-8-14(13)16)10-15(19)20-11-12-5-3-2-4-6-12/h2-6,13-14,17H,7-11H2,1H3/t13-,14-/m1/s1. The highest BCUT2D eigenvalue weighted by Crippen LogP contribution is 2.13. The normalized spacial score (nSPS) is 22.1. The van der Waals surface area contributed by atoms with Crippen LogP contribution in [0.25, 0.3) is 0 Å². The number of halogens is 1. The Bertz CT molecular complexity index is 427. The Kier molecular flexibility index (Phi) is 5.49. The van der Waals surface area contributed by atoms with Gasteiger partial charge >= 0.3 is 5.97 Å². The van der Waals surface area contributed by atoms with Crippen molar-refractivity contribution in [3.63, 3.8) is 0 Å². The van der Waals surface area contributed by atoms with E-state index in [1.807, 2.05) is 42.3 Å². The van der Waals surface area contributed by atoms with E-state index in [2.05, 4.69) is 5.32 Å². The van der Waals surface area contributed by atoms with Crippen LogP contribution in [-0.2, 0) is 16.1 Å². The van der Waals surface area contributed by atoms with Crippen LogP contribution in [0.1, 0.15) is 5.56 Å². The van der Waals surface area contributed by atoms with Crippen LogP contribution >= 0.6 is 0 Å². The molecular formula is C15H21FN2O2. The fraction of sp³-hybridized carbons (Fsp3) is 0.533. The number of likely N-dealkylation sites (N-methyl/N-ethyl adjacent to an activating group) is 1. The molecule has 1 aromatic rings. The van der Waals surface area contributed by atoms with Crippen molar-refractivity contribution < 1.29 is 13.9 Å². The summed E-state index contributed by atoms with van der Waals surface area (Å²) in [6.07, 6.45) is -0.821. The fourth-order valence-electron chi connectivity index (χ4n) is 2.35. The van der Waals surface area contributed by atoms with Crippen LogP contribution < -0.4 is 5.32 Å². The van der Waals surface area contributed by atoms with Gasteiger partial charge < -0.3 is 10.1 Å². The van der Waals surface area contributed by atoms with E-state index in [1.165, 1.54) is 0 Å². The second-order valence-corrected chi connectivity index (χ2v) is 5.28. The average molecular weight is 280 g/mol. The molecule has 2 rings (SSSR count). The monoisotopic (exact) mass is 280 g/mol. The molecule has 0 amide bonds. The van der Waals surface area contributed by atoms with Gasteiger partial charge in [0.25, 0.3) is 0 Å². The lowest BCUT2D eigenvalue weighted by atomic mass is 10.1. The molecule has 0 bridgehead atoms. The summed E-state index contributed by atoms with van der Waals surface area (Å²) in [6.45, 7) is 2.12. The van der Waals surface area contributed by atoms with Gasteiger partial charge in [-0.3, -0.25) is 9.69 Å². The van der Waals surface area contributed by atoms with E-state index in [0.29, 0.717) is 19.6 Å². The second-order valence-electron chi connectivity index (χ2n) is 5.28. The molecule has 1 aromatic carbocycles. The fourth-order valence-corrected chi connectivity index (χ4v) is 2.35. The van der Waals surface area contributed by atoms with Gasteiger partial charge in [-0.25, -0.2) is 4.39 Å². The molecular weight excluding hydrogens is 259 g/mol. The minimum atomic E-state index is -0.821. The zero-order chi connectivity index (χ0) is 14.4. The molecule has 1 fully saturated rings. The van der Waals surface area contributed by atoms with Crippen LogP contribution in [0, 0.1) is 5.92 Å². The number of esters is 1. The number of hydrogen-bond donors (Lipinski definition) is 1. The summed E-state index contributed by atoms with van der Waals surface area (Å²) in [5.41, 5.74) is 0.965. The molecule has 1 saturated heterocycles. The summed E-state index contributed by atoms with van der Waals surface area (Å²) < 4.78 is 18.6. The quantitative estimate of drug-likeness (QED) is 0.796. The summed E-state index contributed by atoms with van der Waals surface area (Å²) in [7, 11) is 1.81. The van der Waals surface area contributed by atoms with Gasteiger partial charge in [0.05, 0.1) is 6.54 Å². The molecule has 20 heavy (non-hydrogen) atoms. The highest BCUT2D eigenvalue weighted by atomic mass is 19.1. The highest BCUT2D eigenvalue weighted by molar-refractivity contribution is 5.71. The lowest BCUT2D eigenvalue weighted by molar-refractivity contribution is -0.146. The van der Waals surface area contributed by atoms with Crippen LogP contribution in [0.15, 0.2) is 30.3 Å². The summed E-state index contributed by atoms with van der Waals surface area (Å²) in [6, 6.07) is 9.56. The number of carbonyl (C=O) groups excluding carboxylic acids is 1. The number of benzene rings is 1. The average Bonchev–Trinajstić information content (AvgIpc) is 2.83. The van der Waals surface area contributed by atoms with Crippen molar-refractivity contribution in [3.05, 3.63) is 35.9 Å². The molecule has 0 spiro atoms. The molecule has 0 aromatic heterocycles. The van der Waals surface area contributed by atoms with E-state index in [0.717, 1.165) is 5.56 Å². The van der Waals surface area contributed by atoms with Gasteiger partial charge in [0.1, 0.15) is 12.8 Å². The van der Waals surface area contributed by atoms with E-state index in [1.54, 1.807) is 0 Å². The van der Waals surface area contributed by atoms with Gasteiger partial charge in [0.2, 0.25) is 0 Å². The molecule has 5 heteroatoms. The van der Waals surface area contributed by atoms with Crippen molar-refractivity contribution >= 4 is 5.97 Å². The lowest BCUT2D eigenvalue weighted by Gasteiger charge is -2.20. The number of hydrogen-bond acceptors (Lipinski definition) is 4. The van der Waals surface area contributed by atoms with Crippen molar-refractivity contribution in [2.75, 3.05) is 33.2 Å². The number of carbonyl (C=O) groups is 1. The summed E-state index contributed by atoms with van der Waals surface area (Å²) in [5, 5.41) is 3.01. The summed E-state index contributed by atoms with van der Waals surface area (Å²) in [4.78, 5) is 13.5. The molecule has 0 aliphatic carbocycles. The molecule has 0 radical (unpaired) electrons. The first-order valence-corrected chi connectivity index (χ1v) is 6.88. The highest BCUT2D eigenvalue weighted by Gasteiger charge is 2.27. The van der Waals surface area contributed by atoms with Crippen LogP contribution in [0.5, 0.6) is 0 Å². The van der Waals surface area contributed by atoms with Gasteiger partial charge in [-0.2, -0.15) is 0 Å². The van der Waals surface area contributed by atoms with Gasteiger partial charge in [0, 0.05) is 25.6 Å². The van der Waals surface area contributed by atoms with E-state index in [-0.39, 0.29) is 25.0 Å². The maximum atomic E-state index is 13.4. The Labute approximate surface area is 118 Å². The van der Waals surface area contributed by atoms with Gasteiger partial charge in [0.15, 0.2) is 0 Å². The maximum Gasteiger partial charge on any atom is 0.320 e. The number of rotatable bonds is 6. The third kappa shape index (κ3) is 4.58. The van der Waals surface area contributed by atoms with Crippen molar-refractivity contribution in [2.45, 2.75) is 12.8 Å². The number of ether oxygens (including phenoxy) is 1. The minimum Gasteiger partial charge on any atom is -0.460 e. The smallest absolute Gasteiger partial charge is 0.320 e. The van der Waals surface area contributed by atoms with Crippen molar-refractivity contribution in [3.8, 4) is 0 Å². The van der Waals surface area contributed by atoms with E-state index < -0.39 is 6.17 Å². The minimum absolute atomic E-state index is 0.0399. The third-order valence-electron chi connectivity index (χ3n) is 3.45. The molecule has 1 heterocycles. The Hall–Kier alpha value is -1.46. The van der Waals surface area contributed by atoms with E-state index in [9.17, 15) is 9.18 Å². The lowest BCUT2D eigenvalue weighted by Crippen LogP contribution is -2.34. The number of nitrogens with one attached hydrogen (secondary N) is 1. The molecule has 0 saturated carbocycles. The summed E-state index contributed by atoms with van der Waals surface area (Å²) in [5.74, 6) is -0.320. The SMILES string of the molecule is CN(CC(=O)OCc1ccccc1)C[C@H]1CNC[C@H]1F. The summed E-state index contributed by atoms with van der Waals surface area (Å²) >= 11 is 0. The Balaban J connectivity index is 1.68. The van der Waals surface area contributed by atoms with E-state index in [4.69, 9.17) is 4.74 Å². The molecule has 4 nitrogen and oxygen atoms in total. The number of nitrogens with zero attached hydrogens (tertiary/aromatic N) is 1. The van der Waals surface area contributed by atoms with Crippen LogP contribution in [0.4, 0.5) is 4.39 Å². The first kappa shape index (κ1) is 14.9. The first-order chi connectivity index (χ1) is 9.65. The largest absolute Gasteiger partial charge is 0.460 e. The molecule has 1 aliphatic rings. The topological polar surface area (TPSA) is 41.6 Å². The van der Waals surface area contributed by atoms with Gasteiger partial charge in [-0.05, 0) is 12.6 Å². The molecule has 2 atom stereocenters. The van der Waals surface area contributed by atoms with Crippen molar-refractivity contribution in [1.82, 2.24) is 10.2 Å². The van der Waals surface area contributed by atoms with Crippen LogP contribution in [0.3, 0.4) is 0 Å². The first-order valence-electron chi connectivity index (χ1n) is 6.88. The zero-order valence-corrected chi connectivity index (χ0v) is 11.7. The van der Waals surface area contributed by atoms with Crippen LogP contribution in [-0.4, -0.2) is 50.3 Å². The van der Waals surface area contributed by atoms with Crippen LogP contribution in [0.2, 0.25) is 0 Å². The predicted octanol–water partition coefficient (Wildman–Crippen LogP) is 1.22. The van der Waals surface area contributed by atoms with Gasteiger partial charge in [-0.1, -0.05) is 30.3 Å². The Morgan fingerprint density at radius 3 is 2.80 bits per heavy atom. The molecule has 1 N–H and O–H groups in total. The van der Waals surface area contributed by atoms with Gasteiger partial charge in [-0.15, -0.1) is 0 Å². The molecule has 0 unspecified atom stereocenters. The molecule has 1 aliphatic heterocycles. The zero-order valence-electron chi connectivity index (χ0n) is 11.7. The number of alkyl halides is 1. The second kappa shape index (κ2) is 7.36. The van der Waals surface area contributed by atoms with E-state index >= 15 is 0 Å². The maximum absolute atomic E-state index is 13.4. The predicted molar refractivity (Wildman–Crippen MR) is 75.0 cm³/mol. The molecule has 110 valence electrons. The third-order valence-corrected chi connectivity index (χ3v) is 3.45.